The second-order valence-electron chi connectivity index (χ2n) is 4.67. The van der Waals surface area contributed by atoms with E-state index in [1.165, 1.54) is 16.4 Å². The molecule has 1 aliphatic rings. The first-order valence-corrected chi connectivity index (χ1v) is 8.75. The third-order valence-corrected chi connectivity index (χ3v) is 6.69. The number of ether oxygens (including phenoxy) is 1. The number of sulfonamides is 1. The van der Waals surface area contributed by atoms with Gasteiger partial charge in [-0.15, -0.1) is 0 Å². The van der Waals surface area contributed by atoms with Crippen LogP contribution in [0.2, 0.25) is 5.02 Å². The van der Waals surface area contributed by atoms with Crippen molar-refractivity contribution in [2.75, 3.05) is 26.0 Å². The van der Waals surface area contributed by atoms with E-state index in [1.54, 1.807) is 7.05 Å². The molecule has 2 rings (SSSR count). The van der Waals surface area contributed by atoms with E-state index >= 15 is 0 Å². The van der Waals surface area contributed by atoms with E-state index in [4.69, 9.17) is 22.1 Å². The predicted molar refractivity (Wildman–Crippen MR) is 82.4 cm³/mol. The van der Waals surface area contributed by atoms with Gasteiger partial charge in [0.2, 0.25) is 10.0 Å². The molecule has 20 heavy (non-hydrogen) atoms. The molecule has 1 aromatic carbocycles. The van der Waals surface area contributed by atoms with Gasteiger partial charge in [0, 0.05) is 37.0 Å². The van der Waals surface area contributed by atoms with Gasteiger partial charge in [-0.25, -0.2) is 8.42 Å². The Morgan fingerprint density at radius 2 is 2.00 bits per heavy atom. The van der Waals surface area contributed by atoms with Crippen LogP contribution in [0.4, 0.5) is 5.69 Å². The quantitative estimate of drug-likeness (QED) is 0.814. The van der Waals surface area contributed by atoms with Crippen LogP contribution in [-0.2, 0) is 14.8 Å². The fraction of sp³-hybridized carbons (Fsp3) is 0.500. The van der Waals surface area contributed by atoms with Crippen molar-refractivity contribution in [3.05, 3.63) is 21.6 Å². The van der Waals surface area contributed by atoms with E-state index in [0.717, 1.165) is 0 Å². The highest BCUT2D eigenvalue weighted by Gasteiger charge is 2.31. The molecule has 5 nitrogen and oxygen atoms in total. The van der Waals surface area contributed by atoms with Crippen LogP contribution in [0.15, 0.2) is 21.5 Å². The molecule has 1 aliphatic heterocycles. The highest BCUT2D eigenvalue weighted by atomic mass is 79.9. The SMILES string of the molecule is CN(C1CCOCC1)S(=O)(=O)c1cc(Cl)cc(N)c1Br. The van der Waals surface area contributed by atoms with Gasteiger partial charge in [-0.3, -0.25) is 0 Å². The van der Waals surface area contributed by atoms with Crippen LogP contribution in [0.1, 0.15) is 12.8 Å². The number of hydrogen-bond donors (Lipinski definition) is 1. The van der Waals surface area contributed by atoms with Crippen molar-refractivity contribution in [1.29, 1.82) is 0 Å². The molecule has 1 aromatic rings. The molecule has 0 aliphatic carbocycles. The summed E-state index contributed by atoms with van der Waals surface area (Å²) in [5.41, 5.74) is 6.06. The molecule has 0 unspecified atom stereocenters. The number of halogens is 2. The van der Waals surface area contributed by atoms with Crippen LogP contribution < -0.4 is 5.73 Å². The van der Waals surface area contributed by atoms with Gasteiger partial charge >= 0.3 is 0 Å². The number of rotatable bonds is 3. The van der Waals surface area contributed by atoms with Crippen molar-refractivity contribution >= 4 is 43.2 Å². The van der Waals surface area contributed by atoms with Gasteiger partial charge in [0.15, 0.2) is 0 Å². The zero-order chi connectivity index (χ0) is 14.9. The number of nitrogens with zero attached hydrogens (tertiary/aromatic N) is 1. The number of benzene rings is 1. The van der Waals surface area contributed by atoms with Crippen molar-refractivity contribution in [2.24, 2.45) is 0 Å². The predicted octanol–water partition coefficient (Wildman–Crippen LogP) is 2.48. The smallest absolute Gasteiger partial charge is 0.244 e. The fourth-order valence-electron chi connectivity index (χ4n) is 2.17. The minimum atomic E-state index is -3.65. The third kappa shape index (κ3) is 3.12. The van der Waals surface area contributed by atoms with Gasteiger partial charge in [-0.2, -0.15) is 4.31 Å². The Hall–Kier alpha value is -0.340. The molecule has 1 saturated heterocycles. The molecule has 0 radical (unpaired) electrons. The molecule has 0 spiro atoms. The van der Waals surface area contributed by atoms with Crippen molar-refractivity contribution in [2.45, 2.75) is 23.8 Å². The van der Waals surface area contributed by atoms with E-state index in [9.17, 15) is 8.42 Å². The molecular formula is C12H16BrClN2O3S. The normalized spacial score (nSPS) is 17.6. The molecule has 1 fully saturated rings. The number of hydrogen-bond acceptors (Lipinski definition) is 4. The number of anilines is 1. The Morgan fingerprint density at radius 1 is 1.40 bits per heavy atom. The minimum absolute atomic E-state index is 0.0687. The van der Waals surface area contributed by atoms with E-state index in [1.807, 2.05) is 0 Å². The van der Waals surface area contributed by atoms with Crippen LogP contribution in [0.3, 0.4) is 0 Å². The molecule has 0 bridgehead atoms. The van der Waals surface area contributed by atoms with Gasteiger partial charge in [0.05, 0.1) is 9.37 Å². The first-order chi connectivity index (χ1) is 9.34. The van der Waals surface area contributed by atoms with Crippen molar-refractivity contribution in [1.82, 2.24) is 4.31 Å². The summed E-state index contributed by atoms with van der Waals surface area (Å²) in [6.45, 7) is 1.15. The van der Waals surface area contributed by atoms with E-state index in [-0.39, 0.29) is 10.9 Å². The Labute approximate surface area is 132 Å². The highest BCUT2D eigenvalue weighted by molar-refractivity contribution is 9.10. The molecule has 0 saturated carbocycles. The first-order valence-electron chi connectivity index (χ1n) is 6.14. The molecule has 0 aromatic heterocycles. The summed E-state index contributed by atoms with van der Waals surface area (Å²) < 4.78 is 32.4. The molecule has 0 atom stereocenters. The van der Waals surface area contributed by atoms with Crippen LogP contribution in [0, 0.1) is 0 Å². The second-order valence-corrected chi connectivity index (χ2v) is 7.87. The summed E-state index contributed by atoms with van der Waals surface area (Å²) >= 11 is 9.14. The van der Waals surface area contributed by atoms with Gasteiger partial charge in [0.1, 0.15) is 0 Å². The molecular weight excluding hydrogens is 368 g/mol. The molecule has 2 N–H and O–H groups in total. The zero-order valence-electron chi connectivity index (χ0n) is 11.0. The fourth-order valence-corrected chi connectivity index (χ4v) is 4.84. The van der Waals surface area contributed by atoms with Gasteiger partial charge in [0.25, 0.3) is 0 Å². The zero-order valence-corrected chi connectivity index (χ0v) is 14.1. The van der Waals surface area contributed by atoms with Crippen LogP contribution in [-0.4, -0.2) is 39.0 Å². The van der Waals surface area contributed by atoms with E-state index in [0.29, 0.717) is 41.2 Å². The number of nitrogens with two attached hydrogens (primary N) is 1. The largest absolute Gasteiger partial charge is 0.398 e. The first kappa shape index (κ1) is 16.0. The minimum Gasteiger partial charge on any atom is -0.398 e. The van der Waals surface area contributed by atoms with Crippen molar-refractivity contribution in [3.63, 3.8) is 0 Å². The van der Waals surface area contributed by atoms with Crippen LogP contribution in [0.5, 0.6) is 0 Å². The summed E-state index contributed by atoms with van der Waals surface area (Å²) in [5, 5.41) is 0.296. The topological polar surface area (TPSA) is 72.6 Å². The van der Waals surface area contributed by atoms with Crippen LogP contribution >= 0.6 is 27.5 Å². The standard InChI is InChI=1S/C12H16BrClN2O3S/c1-16(9-2-4-19-5-3-9)20(17,18)11-7-8(14)6-10(15)12(11)13/h6-7,9H,2-5,15H2,1H3. The van der Waals surface area contributed by atoms with Gasteiger partial charge in [-0.05, 0) is 40.9 Å². The average molecular weight is 384 g/mol. The molecule has 0 amide bonds. The van der Waals surface area contributed by atoms with Crippen LogP contribution in [0.25, 0.3) is 0 Å². The lowest BCUT2D eigenvalue weighted by molar-refractivity contribution is 0.0632. The molecule has 8 heteroatoms. The number of nitrogen functional groups attached to an aromatic ring is 1. The monoisotopic (exact) mass is 382 g/mol. The molecule has 112 valence electrons. The third-order valence-electron chi connectivity index (χ3n) is 3.39. The summed E-state index contributed by atoms with van der Waals surface area (Å²) in [7, 11) is -2.07. The Balaban J connectivity index is 2.39. The Morgan fingerprint density at radius 3 is 2.60 bits per heavy atom. The highest BCUT2D eigenvalue weighted by Crippen LogP contribution is 2.34. The lowest BCUT2D eigenvalue weighted by Gasteiger charge is -2.30. The van der Waals surface area contributed by atoms with E-state index in [2.05, 4.69) is 15.9 Å². The summed E-state index contributed by atoms with van der Waals surface area (Å²) in [5.74, 6) is 0. The van der Waals surface area contributed by atoms with Gasteiger partial charge < -0.3 is 10.5 Å². The summed E-state index contributed by atoms with van der Waals surface area (Å²) in [6, 6.07) is 2.85. The Bertz CT molecular complexity index is 603. The summed E-state index contributed by atoms with van der Waals surface area (Å²) in [6.07, 6.45) is 1.37. The second kappa shape index (κ2) is 6.19. The summed E-state index contributed by atoms with van der Waals surface area (Å²) in [4.78, 5) is 0.0940. The van der Waals surface area contributed by atoms with E-state index < -0.39 is 10.0 Å². The average Bonchev–Trinajstić information content (AvgIpc) is 2.42. The van der Waals surface area contributed by atoms with Gasteiger partial charge in [-0.1, -0.05) is 11.6 Å². The Kier molecular flexibility index (Phi) is 4.96. The maximum atomic E-state index is 12.7. The lowest BCUT2D eigenvalue weighted by atomic mass is 10.1. The van der Waals surface area contributed by atoms with Crippen molar-refractivity contribution < 1.29 is 13.2 Å². The molecule has 1 heterocycles. The van der Waals surface area contributed by atoms with Crippen molar-refractivity contribution in [3.8, 4) is 0 Å². The lowest BCUT2D eigenvalue weighted by Crippen LogP contribution is -2.40. The maximum Gasteiger partial charge on any atom is 0.244 e. The maximum absolute atomic E-state index is 12.7.